The van der Waals surface area contributed by atoms with Crippen LogP contribution in [-0.2, 0) is 14.3 Å². The van der Waals surface area contributed by atoms with Gasteiger partial charge in [-0.2, -0.15) is 21.6 Å². The first-order valence-electron chi connectivity index (χ1n) is 10.5. The molecule has 34 heavy (non-hydrogen) atoms. The SMILES string of the molecule is CC(NCCC1C=C(OS(=O)(=O)C(F)(F)F)c2ccccc2O1)c1ccc(F)c2ccccc12. The van der Waals surface area contributed by atoms with E-state index in [1.54, 1.807) is 24.3 Å². The van der Waals surface area contributed by atoms with Crippen LogP contribution in [0.4, 0.5) is 17.6 Å². The first-order valence-corrected chi connectivity index (χ1v) is 11.9. The van der Waals surface area contributed by atoms with Crippen LogP contribution in [0.3, 0.4) is 0 Å². The van der Waals surface area contributed by atoms with Gasteiger partial charge in [0.2, 0.25) is 0 Å². The maximum absolute atomic E-state index is 14.1. The molecule has 10 heteroatoms. The van der Waals surface area contributed by atoms with Gasteiger partial charge in [-0.3, -0.25) is 0 Å². The van der Waals surface area contributed by atoms with Gasteiger partial charge in [0, 0.05) is 23.9 Å². The van der Waals surface area contributed by atoms with E-state index < -0.39 is 27.5 Å². The number of rotatable bonds is 7. The molecule has 0 aromatic heterocycles. The Morgan fingerprint density at radius 1 is 1.03 bits per heavy atom. The van der Waals surface area contributed by atoms with Crippen molar-refractivity contribution in [3.05, 3.63) is 83.7 Å². The van der Waals surface area contributed by atoms with Crippen molar-refractivity contribution in [1.29, 1.82) is 0 Å². The maximum Gasteiger partial charge on any atom is 0.534 e. The Bertz CT molecular complexity index is 1340. The zero-order chi connectivity index (χ0) is 24.5. The fraction of sp³-hybridized carbons (Fsp3) is 0.250. The van der Waals surface area contributed by atoms with E-state index in [9.17, 15) is 26.0 Å². The molecule has 0 fully saturated rings. The van der Waals surface area contributed by atoms with Crippen LogP contribution in [0.5, 0.6) is 5.75 Å². The minimum Gasteiger partial charge on any atom is -0.485 e. The Hall–Kier alpha value is -3.11. The van der Waals surface area contributed by atoms with E-state index in [2.05, 4.69) is 9.50 Å². The van der Waals surface area contributed by atoms with E-state index in [1.807, 2.05) is 19.1 Å². The molecule has 1 heterocycles. The molecule has 0 amide bonds. The number of nitrogens with one attached hydrogen (secondary N) is 1. The molecular formula is C24H21F4NO4S. The number of halogens is 4. The molecule has 0 saturated heterocycles. The smallest absolute Gasteiger partial charge is 0.485 e. The van der Waals surface area contributed by atoms with Crippen LogP contribution in [-0.4, -0.2) is 26.6 Å². The third-order valence-corrected chi connectivity index (χ3v) is 6.47. The number of alkyl halides is 3. The minimum absolute atomic E-state index is 0.116. The van der Waals surface area contributed by atoms with Crippen LogP contribution in [0.25, 0.3) is 16.5 Å². The summed E-state index contributed by atoms with van der Waals surface area (Å²) in [5, 5.41) is 4.59. The Morgan fingerprint density at radius 2 is 1.71 bits per heavy atom. The predicted octanol–water partition coefficient (Wildman–Crippen LogP) is 5.69. The number of benzene rings is 3. The van der Waals surface area contributed by atoms with Crippen molar-refractivity contribution in [2.75, 3.05) is 6.54 Å². The Balaban J connectivity index is 1.49. The summed E-state index contributed by atoms with van der Waals surface area (Å²) in [6.45, 7) is 2.30. The standard InChI is InChI=1S/C24H21F4NO4S/c1-15(17-10-11-21(25)19-7-3-2-6-18(17)19)29-13-12-16-14-23(33-34(30,31)24(26,27)28)20-8-4-5-9-22(20)32-16/h2-11,14-16,29H,12-13H2,1H3. The molecule has 3 aromatic carbocycles. The van der Waals surface area contributed by atoms with Crippen molar-refractivity contribution in [3.63, 3.8) is 0 Å². The van der Waals surface area contributed by atoms with Crippen LogP contribution in [0.15, 0.2) is 66.7 Å². The number of fused-ring (bicyclic) bond motifs is 2. The highest BCUT2D eigenvalue weighted by molar-refractivity contribution is 7.87. The second-order valence-corrected chi connectivity index (χ2v) is 9.35. The van der Waals surface area contributed by atoms with E-state index in [1.165, 1.54) is 30.3 Å². The molecule has 0 aliphatic carbocycles. The predicted molar refractivity (Wildman–Crippen MR) is 120 cm³/mol. The summed E-state index contributed by atoms with van der Waals surface area (Å²) in [6.07, 6.45) is 0.820. The summed E-state index contributed by atoms with van der Waals surface area (Å²) >= 11 is 0. The van der Waals surface area contributed by atoms with Gasteiger partial charge in [0.05, 0.1) is 5.56 Å². The average Bonchev–Trinajstić information content (AvgIpc) is 2.78. The summed E-state index contributed by atoms with van der Waals surface area (Å²) in [6, 6.07) is 16.2. The van der Waals surface area contributed by atoms with Gasteiger partial charge in [-0.1, -0.05) is 42.5 Å². The van der Waals surface area contributed by atoms with E-state index in [4.69, 9.17) is 4.74 Å². The van der Waals surface area contributed by atoms with Gasteiger partial charge in [-0.25, -0.2) is 4.39 Å². The molecule has 1 aliphatic heterocycles. The fourth-order valence-electron chi connectivity index (χ4n) is 3.82. The van der Waals surface area contributed by atoms with Gasteiger partial charge < -0.3 is 14.2 Å². The summed E-state index contributed by atoms with van der Waals surface area (Å²) in [7, 11) is -5.83. The zero-order valence-corrected chi connectivity index (χ0v) is 18.8. The second-order valence-electron chi connectivity index (χ2n) is 7.81. The van der Waals surface area contributed by atoms with Gasteiger partial charge >= 0.3 is 15.6 Å². The van der Waals surface area contributed by atoms with Crippen molar-refractivity contribution in [3.8, 4) is 5.75 Å². The van der Waals surface area contributed by atoms with Gasteiger partial charge in [-0.05, 0) is 42.6 Å². The number of para-hydroxylation sites is 1. The quantitative estimate of drug-likeness (QED) is 0.259. The molecule has 0 bridgehead atoms. The molecule has 2 unspecified atom stereocenters. The van der Waals surface area contributed by atoms with Crippen molar-refractivity contribution >= 4 is 26.6 Å². The van der Waals surface area contributed by atoms with Crippen molar-refractivity contribution in [2.24, 2.45) is 0 Å². The minimum atomic E-state index is -5.83. The van der Waals surface area contributed by atoms with Gasteiger partial charge in [0.25, 0.3) is 0 Å². The number of ether oxygens (including phenoxy) is 1. The summed E-state index contributed by atoms with van der Waals surface area (Å²) in [5.41, 5.74) is -4.54. The topological polar surface area (TPSA) is 64.6 Å². The second kappa shape index (κ2) is 9.27. The van der Waals surface area contributed by atoms with Crippen LogP contribution < -0.4 is 10.1 Å². The lowest BCUT2D eigenvalue weighted by Gasteiger charge is -2.26. The molecule has 2 atom stereocenters. The fourth-order valence-corrected chi connectivity index (χ4v) is 4.30. The molecule has 5 nitrogen and oxygen atoms in total. The van der Waals surface area contributed by atoms with E-state index in [-0.39, 0.29) is 23.2 Å². The van der Waals surface area contributed by atoms with Gasteiger partial charge in [0.15, 0.2) is 5.76 Å². The van der Waals surface area contributed by atoms with Crippen molar-refractivity contribution in [2.45, 2.75) is 31.0 Å². The highest BCUT2D eigenvalue weighted by Gasteiger charge is 2.49. The molecule has 1 N–H and O–H groups in total. The third kappa shape index (κ3) is 4.88. The number of hydrogen-bond acceptors (Lipinski definition) is 5. The first-order chi connectivity index (χ1) is 16.1. The van der Waals surface area contributed by atoms with Crippen molar-refractivity contribution in [1.82, 2.24) is 5.32 Å². The lowest BCUT2D eigenvalue weighted by atomic mass is 9.99. The summed E-state index contributed by atoms with van der Waals surface area (Å²) in [4.78, 5) is 0. The zero-order valence-electron chi connectivity index (χ0n) is 18.0. The van der Waals surface area contributed by atoms with Crippen LogP contribution in [0, 0.1) is 5.82 Å². The molecule has 3 aromatic rings. The summed E-state index contributed by atoms with van der Waals surface area (Å²) in [5.74, 6) is -0.519. The van der Waals surface area contributed by atoms with Crippen LogP contribution in [0.1, 0.15) is 30.5 Å². The van der Waals surface area contributed by atoms with E-state index in [0.29, 0.717) is 18.4 Å². The summed E-state index contributed by atoms with van der Waals surface area (Å²) < 4.78 is 86.0. The molecule has 0 saturated carbocycles. The van der Waals surface area contributed by atoms with Crippen LogP contribution in [0.2, 0.25) is 0 Å². The monoisotopic (exact) mass is 495 g/mol. The highest BCUT2D eigenvalue weighted by Crippen LogP contribution is 2.37. The van der Waals surface area contributed by atoms with Crippen molar-refractivity contribution < 1.29 is 34.9 Å². The molecule has 180 valence electrons. The van der Waals surface area contributed by atoms with Gasteiger partial charge in [0.1, 0.15) is 17.7 Å². The molecule has 0 radical (unpaired) electrons. The molecule has 4 rings (SSSR count). The lowest BCUT2D eigenvalue weighted by Crippen LogP contribution is -2.29. The molecule has 1 aliphatic rings. The Morgan fingerprint density at radius 3 is 2.44 bits per heavy atom. The molecule has 0 spiro atoms. The first kappa shape index (κ1) is 24.0. The Kier molecular flexibility index (Phi) is 6.55. The average molecular weight is 495 g/mol. The van der Waals surface area contributed by atoms with Crippen LogP contribution >= 0.6 is 0 Å². The molecular weight excluding hydrogens is 474 g/mol. The lowest BCUT2D eigenvalue weighted by molar-refractivity contribution is -0.0510. The van der Waals surface area contributed by atoms with Gasteiger partial charge in [-0.15, -0.1) is 0 Å². The number of hydrogen-bond donors (Lipinski definition) is 1. The van der Waals surface area contributed by atoms with E-state index in [0.717, 1.165) is 10.9 Å². The largest absolute Gasteiger partial charge is 0.534 e. The Labute approximate surface area is 194 Å². The highest BCUT2D eigenvalue weighted by atomic mass is 32.2. The van der Waals surface area contributed by atoms with E-state index >= 15 is 0 Å². The maximum atomic E-state index is 14.1. The normalized spacial score (nSPS) is 17.0. The third-order valence-electron chi connectivity index (χ3n) is 5.50.